The van der Waals surface area contributed by atoms with Crippen LogP contribution in [0.3, 0.4) is 0 Å². The molecule has 4 heteroatoms. The van der Waals surface area contributed by atoms with Crippen molar-refractivity contribution >= 4 is 5.91 Å². The summed E-state index contributed by atoms with van der Waals surface area (Å²) < 4.78 is 0. The molecule has 1 rings (SSSR count). The Labute approximate surface area is 130 Å². The number of nitrogens with one attached hydrogen (secondary N) is 1. The van der Waals surface area contributed by atoms with E-state index >= 15 is 0 Å². The summed E-state index contributed by atoms with van der Waals surface area (Å²) in [5.41, 5.74) is 5.92. The summed E-state index contributed by atoms with van der Waals surface area (Å²) in [7, 11) is 0. The zero-order chi connectivity index (χ0) is 15.9. The maximum Gasteiger partial charge on any atom is 0.220 e. The van der Waals surface area contributed by atoms with Crippen LogP contribution < -0.4 is 11.1 Å². The van der Waals surface area contributed by atoms with E-state index in [1.807, 2.05) is 0 Å². The maximum absolute atomic E-state index is 12.0. The van der Waals surface area contributed by atoms with Crippen molar-refractivity contribution in [2.45, 2.75) is 65.8 Å². The molecule has 2 unspecified atom stereocenters. The highest BCUT2D eigenvalue weighted by Crippen LogP contribution is 2.31. The van der Waals surface area contributed by atoms with Gasteiger partial charge < -0.3 is 11.1 Å². The summed E-state index contributed by atoms with van der Waals surface area (Å²) in [5, 5.41) is 3.10. The van der Waals surface area contributed by atoms with Crippen LogP contribution in [0.5, 0.6) is 0 Å². The molecule has 0 aromatic rings. The van der Waals surface area contributed by atoms with E-state index in [1.54, 1.807) is 0 Å². The van der Waals surface area contributed by atoms with E-state index in [4.69, 9.17) is 5.73 Å². The second-order valence-electron chi connectivity index (χ2n) is 7.58. The van der Waals surface area contributed by atoms with Crippen molar-refractivity contribution in [3.05, 3.63) is 0 Å². The number of hydrogen-bond acceptors (Lipinski definition) is 3. The van der Waals surface area contributed by atoms with E-state index in [0.29, 0.717) is 24.9 Å². The van der Waals surface area contributed by atoms with E-state index in [9.17, 15) is 4.79 Å². The Morgan fingerprint density at radius 2 is 1.86 bits per heavy atom. The summed E-state index contributed by atoms with van der Waals surface area (Å²) in [5.74, 6) is 0.705. The molecular weight excluding hydrogens is 262 g/mol. The van der Waals surface area contributed by atoms with Crippen molar-refractivity contribution in [2.75, 3.05) is 26.2 Å². The SMILES string of the molecule is CC(CNC(=O)CCC(CCN)C(C)(C)C)N1CCCC1. The Kier molecular flexibility index (Phi) is 7.67. The zero-order valence-electron chi connectivity index (χ0n) is 14.5. The molecule has 0 spiro atoms. The molecule has 0 radical (unpaired) electrons. The number of carbonyl (C=O) groups excluding carboxylic acids is 1. The van der Waals surface area contributed by atoms with Gasteiger partial charge in [-0.3, -0.25) is 9.69 Å². The molecule has 124 valence electrons. The standard InChI is InChI=1S/C17H35N3O/c1-14(20-11-5-6-12-20)13-19-16(21)8-7-15(9-10-18)17(2,3)4/h14-15H,5-13,18H2,1-4H3,(H,19,21). The van der Waals surface area contributed by atoms with E-state index in [2.05, 4.69) is 37.9 Å². The van der Waals surface area contributed by atoms with Gasteiger partial charge in [-0.1, -0.05) is 20.8 Å². The smallest absolute Gasteiger partial charge is 0.220 e. The van der Waals surface area contributed by atoms with Crippen molar-refractivity contribution in [1.29, 1.82) is 0 Å². The van der Waals surface area contributed by atoms with Crippen LogP contribution in [-0.4, -0.2) is 43.0 Å². The number of rotatable bonds is 8. The van der Waals surface area contributed by atoms with Gasteiger partial charge in [-0.15, -0.1) is 0 Å². The number of likely N-dealkylation sites (tertiary alicyclic amines) is 1. The largest absolute Gasteiger partial charge is 0.355 e. The highest BCUT2D eigenvalue weighted by molar-refractivity contribution is 5.75. The second-order valence-corrected chi connectivity index (χ2v) is 7.58. The highest BCUT2D eigenvalue weighted by Gasteiger charge is 2.24. The third-order valence-corrected chi connectivity index (χ3v) is 4.82. The molecule has 1 saturated heterocycles. The predicted octanol–water partition coefficient (Wildman–Crippen LogP) is 2.38. The molecule has 4 nitrogen and oxygen atoms in total. The van der Waals surface area contributed by atoms with Gasteiger partial charge in [0, 0.05) is 19.0 Å². The predicted molar refractivity (Wildman–Crippen MR) is 89.1 cm³/mol. The molecule has 0 aromatic heterocycles. The van der Waals surface area contributed by atoms with E-state index < -0.39 is 0 Å². The lowest BCUT2D eigenvalue weighted by atomic mass is 9.76. The fourth-order valence-corrected chi connectivity index (χ4v) is 3.18. The van der Waals surface area contributed by atoms with Gasteiger partial charge in [-0.05, 0) is 63.6 Å². The maximum atomic E-state index is 12.0. The minimum Gasteiger partial charge on any atom is -0.355 e. The molecule has 1 amide bonds. The number of nitrogens with zero attached hydrogens (tertiary/aromatic N) is 1. The van der Waals surface area contributed by atoms with Gasteiger partial charge in [-0.25, -0.2) is 0 Å². The molecule has 1 aliphatic rings. The third-order valence-electron chi connectivity index (χ3n) is 4.82. The van der Waals surface area contributed by atoms with Crippen LogP contribution in [0.1, 0.15) is 59.8 Å². The van der Waals surface area contributed by atoms with Gasteiger partial charge in [0.05, 0.1) is 0 Å². The Balaban J connectivity index is 2.26. The molecule has 3 N–H and O–H groups in total. The monoisotopic (exact) mass is 297 g/mol. The minimum atomic E-state index is 0.187. The lowest BCUT2D eigenvalue weighted by Gasteiger charge is -2.30. The van der Waals surface area contributed by atoms with Crippen LogP contribution in [0.25, 0.3) is 0 Å². The first-order chi connectivity index (χ1) is 9.84. The van der Waals surface area contributed by atoms with Crippen LogP contribution in [-0.2, 0) is 4.79 Å². The molecule has 2 atom stereocenters. The summed E-state index contributed by atoms with van der Waals surface area (Å²) >= 11 is 0. The molecule has 1 aliphatic heterocycles. The van der Waals surface area contributed by atoms with Crippen LogP contribution in [0, 0.1) is 11.3 Å². The number of nitrogens with two attached hydrogens (primary N) is 1. The Hall–Kier alpha value is -0.610. The number of carbonyl (C=O) groups is 1. The molecule has 0 bridgehead atoms. The van der Waals surface area contributed by atoms with Crippen molar-refractivity contribution < 1.29 is 4.79 Å². The van der Waals surface area contributed by atoms with Crippen LogP contribution in [0.2, 0.25) is 0 Å². The number of amides is 1. The van der Waals surface area contributed by atoms with Crippen LogP contribution in [0.15, 0.2) is 0 Å². The van der Waals surface area contributed by atoms with E-state index in [-0.39, 0.29) is 11.3 Å². The van der Waals surface area contributed by atoms with E-state index in [1.165, 1.54) is 25.9 Å². The van der Waals surface area contributed by atoms with Gasteiger partial charge in [-0.2, -0.15) is 0 Å². The lowest BCUT2D eigenvalue weighted by Crippen LogP contribution is -2.40. The normalized spacial score (nSPS) is 19.5. The van der Waals surface area contributed by atoms with E-state index in [0.717, 1.165) is 19.4 Å². The first-order valence-electron chi connectivity index (χ1n) is 8.55. The van der Waals surface area contributed by atoms with Crippen LogP contribution in [0.4, 0.5) is 0 Å². The average molecular weight is 297 g/mol. The molecule has 0 saturated carbocycles. The van der Waals surface area contributed by atoms with Crippen molar-refractivity contribution in [2.24, 2.45) is 17.1 Å². The second kappa shape index (κ2) is 8.74. The molecular formula is C17H35N3O. The highest BCUT2D eigenvalue weighted by atomic mass is 16.1. The summed E-state index contributed by atoms with van der Waals surface area (Å²) in [6.45, 7) is 12.8. The molecule has 0 aliphatic carbocycles. The molecule has 0 aromatic carbocycles. The van der Waals surface area contributed by atoms with Gasteiger partial charge >= 0.3 is 0 Å². The number of hydrogen-bond donors (Lipinski definition) is 2. The third kappa shape index (κ3) is 6.79. The first kappa shape index (κ1) is 18.4. The van der Waals surface area contributed by atoms with Crippen LogP contribution >= 0.6 is 0 Å². The van der Waals surface area contributed by atoms with Crippen molar-refractivity contribution in [3.63, 3.8) is 0 Å². The average Bonchev–Trinajstić information content (AvgIpc) is 2.93. The Morgan fingerprint density at radius 3 is 2.38 bits per heavy atom. The minimum absolute atomic E-state index is 0.187. The Bertz CT molecular complexity index is 306. The first-order valence-corrected chi connectivity index (χ1v) is 8.55. The fourth-order valence-electron chi connectivity index (χ4n) is 3.18. The van der Waals surface area contributed by atoms with Crippen molar-refractivity contribution in [1.82, 2.24) is 10.2 Å². The molecule has 1 heterocycles. The van der Waals surface area contributed by atoms with Gasteiger partial charge in [0.15, 0.2) is 0 Å². The summed E-state index contributed by atoms with van der Waals surface area (Å²) in [6, 6.07) is 0.457. The molecule has 21 heavy (non-hydrogen) atoms. The Morgan fingerprint density at radius 1 is 1.24 bits per heavy atom. The van der Waals surface area contributed by atoms with Gasteiger partial charge in [0.2, 0.25) is 5.91 Å². The quantitative estimate of drug-likeness (QED) is 0.723. The zero-order valence-corrected chi connectivity index (χ0v) is 14.5. The topological polar surface area (TPSA) is 58.4 Å². The van der Waals surface area contributed by atoms with Gasteiger partial charge in [0.25, 0.3) is 0 Å². The van der Waals surface area contributed by atoms with Crippen molar-refractivity contribution in [3.8, 4) is 0 Å². The molecule has 1 fully saturated rings. The summed E-state index contributed by atoms with van der Waals surface area (Å²) in [6.07, 6.45) is 5.15. The van der Waals surface area contributed by atoms with Gasteiger partial charge in [0.1, 0.15) is 0 Å². The lowest BCUT2D eigenvalue weighted by molar-refractivity contribution is -0.121. The summed E-state index contributed by atoms with van der Waals surface area (Å²) in [4.78, 5) is 14.5. The fraction of sp³-hybridized carbons (Fsp3) is 0.941.